The van der Waals surface area contributed by atoms with Gasteiger partial charge in [0.25, 0.3) is 0 Å². The number of aromatic nitrogens is 2. The lowest BCUT2D eigenvalue weighted by atomic mass is 10.2. The fraction of sp³-hybridized carbons (Fsp3) is 0.188. The Hall–Kier alpha value is -1.71. The van der Waals surface area contributed by atoms with E-state index < -0.39 is 0 Å². The third-order valence-corrected chi connectivity index (χ3v) is 3.75. The third kappa shape index (κ3) is 3.14. The molecule has 0 bridgehead atoms. The monoisotopic (exact) mass is 322 g/mol. The fourth-order valence-electron chi connectivity index (χ4n) is 2.23. The number of aryl methyl sites for hydroxylation is 2. The van der Waals surface area contributed by atoms with Crippen LogP contribution in [0.25, 0.3) is 10.9 Å². The first kappa shape index (κ1) is 15.7. The van der Waals surface area contributed by atoms with Gasteiger partial charge in [-0.3, -0.25) is 4.98 Å². The largest absolute Gasteiger partial charge is 0.487 e. The maximum Gasteiger partial charge on any atom is 0.132 e. The Bertz CT molecular complexity index is 751. The van der Waals surface area contributed by atoms with Crippen LogP contribution in [-0.4, -0.2) is 9.97 Å². The zero-order chi connectivity index (χ0) is 14.1. The van der Waals surface area contributed by atoms with Crippen molar-refractivity contribution in [3.05, 3.63) is 58.5 Å². The molecule has 110 valence electrons. The molecule has 0 aliphatic carbocycles. The second-order valence-corrected chi connectivity index (χ2v) is 5.23. The Balaban J connectivity index is 0.00000161. The summed E-state index contributed by atoms with van der Waals surface area (Å²) >= 11 is 5.85. The van der Waals surface area contributed by atoms with E-state index in [0.29, 0.717) is 11.6 Å². The summed E-state index contributed by atoms with van der Waals surface area (Å²) in [6, 6.07) is 9.36. The van der Waals surface area contributed by atoms with Gasteiger partial charge in [-0.05, 0) is 49.7 Å². The standard InChI is InChI=1S/C16H15ClN2O.ClH/c1-10-11(2)19-16-14(10)7-8-18-15(16)9-20-13-5-3-12(17)4-6-13;/h3-8,19H,9H2,1-2H3;1H. The van der Waals surface area contributed by atoms with Crippen LogP contribution in [0.3, 0.4) is 0 Å². The number of aromatic amines is 1. The van der Waals surface area contributed by atoms with Crippen molar-refractivity contribution in [1.82, 2.24) is 9.97 Å². The maximum absolute atomic E-state index is 5.85. The maximum atomic E-state index is 5.85. The predicted octanol–water partition coefficient (Wildman–Crippen LogP) is 4.83. The number of rotatable bonds is 3. The molecule has 2 aromatic heterocycles. The number of benzene rings is 1. The normalized spacial score (nSPS) is 10.4. The van der Waals surface area contributed by atoms with Gasteiger partial charge in [-0.25, -0.2) is 0 Å². The Labute approximate surface area is 134 Å². The van der Waals surface area contributed by atoms with E-state index in [9.17, 15) is 0 Å². The van der Waals surface area contributed by atoms with Gasteiger partial charge in [-0.15, -0.1) is 12.4 Å². The van der Waals surface area contributed by atoms with Gasteiger partial charge in [-0.1, -0.05) is 11.6 Å². The summed E-state index contributed by atoms with van der Waals surface area (Å²) in [5, 5.41) is 1.90. The molecule has 1 N–H and O–H groups in total. The summed E-state index contributed by atoms with van der Waals surface area (Å²) in [4.78, 5) is 7.79. The average Bonchev–Trinajstić information content (AvgIpc) is 2.75. The van der Waals surface area contributed by atoms with E-state index in [0.717, 1.165) is 17.0 Å². The molecule has 0 aliphatic rings. The van der Waals surface area contributed by atoms with Crippen LogP contribution in [0.15, 0.2) is 36.5 Å². The Morgan fingerprint density at radius 2 is 1.86 bits per heavy atom. The average molecular weight is 323 g/mol. The summed E-state index contributed by atoms with van der Waals surface area (Å²) in [6.45, 7) is 4.61. The van der Waals surface area contributed by atoms with Crippen LogP contribution < -0.4 is 4.74 Å². The number of nitrogens with zero attached hydrogens (tertiary/aromatic N) is 1. The smallest absolute Gasteiger partial charge is 0.132 e. The van der Waals surface area contributed by atoms with Crippen molar-refractivity contribution in [2.45, 2.75) is 20.5 Å². The Morgan fingerprint density at radius 3 is 2.57 bits per heavy atom. The zero-order valence-electron chi connectivity index (χ0n) is 11.8. The molecule has 0 aliphatic heterocycles. The minimum Gasteiger partial charge on any atom is -0.487 e. The van der Waals surface area contributed by atoms with Crippen LogP contribution >= 0.6 is 24.0 Å². The van der Waals surface area contributed by atoms with E-state index in [1.807, 2.05) is 36.5 Å². The van der Waals surface area contributed by atoms with Gasteiger partial charge in [0.15, 0.2) is 0 Å². The molecule has 3 aromatic rings. The first-order chi connectivity index (χ1) is 9.65. The molecule has 0 unspecified atom stereocenters. The van der Waals surface area contributed by atoms with Gasteiger partial charge in [0.1, 0.15) is 18.1 Å². The number of halogens is 2. The Morgan fingerprint density at radius 1 is 1.14 bits per heavy atom. The van der Waals surface area contributed by atoms with Crippen LogP contribution in [0.2, 0.25) is 5.02 Å². The molecule has 3 nitrogen and oxygen atoms in total. The van der Waals surface area contributed by atoms with E-state index in [2.05, 4.69) is 23.8 Å². The van der Waals surface area contributed by atoms with Crippen LogP contribution in [0.4, 0.5) is 0 Å². The third-order valence-electron chi connectivity index (χ3n) is 3.50. The quantitative estimate of drug-likeness (QED) is 0.749. The van der Waals surface area contributed by atoms with Gasteiger partial charge in [0, 0.05) is 22.3 Å². The lowest BCUT2D eigenvalue weighted by molar-refractivity contribution is 0.303. The van der Waals surface area contributed by atoms with E-state index in [1.54, 1.807) is 0 Å². The van der Waals surface area contributed by atoms with Crippen molar-refractivity contribution in [1.29, 1.82) is 0 Å². The highest BCUT2D eigenvalue weighted by Gasteiger charge is 2.09. The SMILES string of the molecule is Cc1[nH]c2c(COc3ccc(Cl)cc3)nccc2c1C.Cl. The van der Waals surface area contributed by atoms with Crippen LogP contribution in [-0.2, 0) is 6.61 Å². The van der Waals surface area contributed by atoms with E-state index >= 15 is 0 Å². The van der Waals surface area contributed by atoms with E-state index in [1.165, 1.54) is 16.6 Å². The lowest BCUT2D eigenvalue weighted by Gasteiger charge is -2.06. The van der Waals surface area contributed by atoms with Gasteiger partial charge >= 0.3 is 0 Å². The van der Waals surface area contributed by atoms with Crippen molar-refractivity contribution in [2.24, 2.45) is 0 Å². The summed E-state index contributed by atoms with van der Waals surface area (Å²) < 4.78 is 5.76. The molecule has 0 atom stereocenters. The number of fused-ring (bicyclic) bond motifs is 1. The van der Waals surface area contributed by atoms with Crippen molar-refractivity contribution >= 4 is 34.9 Å². The summed E-state index contributed by atoms with van der Waals surface area (Å²) in [5.41, 5.74) is 4.39. The molecule has 2 heterocycles. The first-order valence-electron chi connectivity index (χ1n) is 6.46. The number of hydrogen-bond donors (Lipinski definition) is 1. The molecular weight excluding hydrogens is 307 g/mol. The predicted molar refractivity (Wildman–Crippen MR) is 88.6 cm³/mol. The zero-order valence-corrected chi connectivity index (χ0v) is 13.4. The van der Waals surface area contributed by atoms with Crippen molar-refractivity contribution in [3.63, 3.8) is 0 Å². The molecule has 0 saturated heterocycles. The van der Waals surface area contributed by atoms with Gasteiger partial charge in [-0.2, -0.15) is 0 Å². The van der Waals surface area contributed by atoms with Crippen molar-refractivity contribution < 1.29 is 4.74 Å². The molecule has 5 heteroatoms. The molecule has 21 heavy (non-hydrogen) atoms. The number of pyridine rings is 1. The van der Waals surface area contributed by atoms with Crippen LogP contribution in [0.5, 0.6) is 5.75 Å². The Kier molecular flexibility index (Phi) is 4.76. The fourth-order valence-corrected chi connectivity index (χ4v) is 2.36. The minimum absolute atomic E-state index is 0. The summed E-state index contributed by atoms with van der Waals surface area (Å²) in [7, 11) is 0. The van der Waals surface area contributed by atoms with Gasteiger partial charge < -0.3 is 9.72 Å². The topological polar surface area (TPSA) is 37.9 Å². The molecule has 0 saturated carbocycles. The number of nitrogens with one attached hydrogen (secondary N) is 1. The molecule has 0 amide bonds. The van der Waals surface area contributed by atoms with Gasteiger partial charge in [0.2, 0.25) is 0 Å². The minimum atomic E-state index is 0. The van der Waals surface area contributed by atoms with Crippen LogP contribution in [0, 0.1) is 13.8 Å². The summed E-state index contributed by atoms with van der Waals surface area (Å²) in [5.74, 6) is 0.785. The molecule has 0 fully saturated rings. The molecule has 0 spiro atoms. The van der Waals surface area contributed by atoms with Crippen molar-refractivity contribution in [2.75, 3.05) is 0 Å². The summed E-state index contributed by atoms with van der Waals surface area (Å²) in [6.07, 6.45) is 1.82. The number of ether oxygens (including phenoxy) is 1. The molecule has 0 radical (unpaired) electrons. The number of hydrogen-bond acceptors (Lipinski definition) is 2. The molecule has 3 rings (SSSR count). The highest BCUT2D eigenvalue weighted by molar-refractivity contribution is 6.30. The van der Waals surface area contributed by atoms with Crippen LogP contribution in [0.1, 0.15) is 17.0 Å². The molecular formula is C16H16Cl2N2O. The van der Waals surface area contributed by atoms with E-state index in [-0.39, 0.29) is 12.4 Å². The van der Waals surface area contributed by atoms with Crippen molar-refractivity contribution in [3.8, 4) is 5.75 Å². The molecule has 1 aromatic carbocycles. The highest BCUT2D eigenvalue weighted by Crippen LogP contribution is 2.24. The highest BCUT2D eigenvalue weighted by atomic mass is 35.5. The first-order valence-corrected chi connectivity index (χ1v) is 6.84. The second-order valence-electron chi connectivity index (χ2n) is 4.80. The lowest BCUT2D eigenvalue weighted by Crippen LogP contribution is -1.99. The second kappa shape index (κ2) is 6.37. The van der Waals surface area contributed by atoms with E-state index in [4.69, 9.17) is 16.3 Å². The van der Waals surface area contributed by atoms with Gasteiger partial charge in [0.05, 0.1) is 5.52 Å². The number of H-pyrrole nitrogens is 1.